The second kappa shape index (κ2) is 8.52. The Hall–Kier alpha value is -1.11. The first kappa shape index (κ1) is 20.2. The Balaban J connectivity index is 2.25. The van der Waals surface area contributed by atoms with Crippen molar-refractivity contribution in [2.75, 3.05) is 13.1 Å². The Morgan fingerprint density at radius 1 is 1.28 bits per heavy atom. The van der Waals surface area contributed by atoms with E-state index in [0.717, 1.165) is 19.3 Å². The summed E-state index contributed by atoms with van der Waals surface area (Å²) in [5, 5.41) is 3.27. The maximum atomic E-state index is 12.7. The van der Waals surface area contributed by atoms with Gasteiger partial charge in [0.2, 0.25) is 10.0 Å². The van der Waals surface area contributed by atoms with Crippen LogP contribution in [0.25, 0.3) is 0 Å². The van der Waals surface area contributed by atoms with Crippen LogP contribution in [-0.4, -0.2) is 37.8 Å². The molecule has 1 aliphatic rings. The molecule has 5 nitrogen and oxygen atoms in total. The number of amides is 1. The zero-order chi connectivity index (χ0) is 18.6. The first-order valence-electron chi connectivity index (χ1n) is 8.90. The molecule has 1 amide bonds. The summed E-state index contributed by atoms with van der Waals surface area (Å²) < 4.78 is 26.7. The van der Waals surface area contributed by atoms with E-state index in [9.17, 15) is 13.2 Å². The summed E-state index contributed by atoms with van der Waals surface area (Å²) in [7, 11) is -3.62. The van der Waals surface area contributed by atoms with Crippen LogP contribution < -0.4 is 5.32 Å². The maximum absolute atomic E-state index is 12.7. The average Bonchev–Trinajstić information content (AvgIpc) is 2.55. The summed E-state index contributed by atoms with van der Waals surface area (Å²) in [6, 6.07) is 4.44. The van der Waals surface area contributed by atoms with Gasteiger partial charge in [0, 0.05) is 19.1 Å². The topological polar surface area (TPSA) is 66.5 Å². The van der Waals surface area contributed by atoms with Crippen LogP contribution in [0.4, 0.5) is 0 Å². The van der Waals surface area contributed by atoms with Crippen LogP contribution in [0, 0.1) is 5.92 Å². The van der Waals surface area contributed by atoms with E-state index in [1.54, 1.807) is 13.8 Å². The van der Waals surface area contributed by atoms with Crippen molar-refractivity contribution in [1.29, 1.82) is 0 Å². The number of hydrogen-bond acceptors (Lipinski definition) is 3. The number of hydrogen-bond donors (Lipinski definition) is 1. The molecule has 0 spiro atoms. The number of rotatable bonds is 6. The SMILES string of the molecule is CCN(CC)S(=O)(=O)c1ccc(Cl)c(C(=O)NC2CCCC(C)C2)c1. The van der Waals surface area contributed by atoms with Crippen molar-refractivity contribution < 1.29 is 13.2 Å². The summed E-state index contributed by atoms with van der Waals surface area (Å²) in [6.07, 6.45) is 4.17. The van der Waals surface area contributed by atoms with E-state index >= 15 is 0 Å². The van der Waals surface area contributed by atoms with Gasteiger partial charge in [-0.2, -0.15) is 4.31 Å². The van der Waals surface area contributed by atoms with Crippen LogP contribution in [0.2, 0.25) is 5.02 Å². The number of sulfonamides is 1. The van der Waals surface area contributed by atoms with E-state index in [1.807, 2.05) is 0 Å². The van der Waals surface area contributed by atoms with Gasteiger partial charge in [-0.05, 0) is 37.0 Å². The molecular weight excluding hydrogens is 360 g/mol. The molecule has 0 radical (unpaired) electrons. The summed E-state index contributed by atoms with van der Waals surface area (Å²) in [5.41, 5.74) is 0.216. The lowest BCUT2D eigenvalue weighted by atomic mass is 9.87. The minimum absolute atomic E-state index is 0.0998. The maximum Gasteiger partial charge on any atom is 0.253 e. The predicted molar refractivity (Wildman–Crippen MR) is 100 cm³/mol. The lowest BCUT2D eigenvalue weighted by Crippen LogP contribution is -2.38. The highest BCUT2D eigenvalue weighted by Gasteiger charge is 2.25. The average molecular weight is 387 g/mol. The van der Waals surface area contributed by atoms with Crippen LogP contribution >= 0.6 is 11.6 Å². The number of carbonyl (C=O) groups excluding carboxylic acids is 1. The molecule has 1 saturated carbocycles. The third-order valence-electron chi connectivity index (χ3n) is 4.80. The lowest BCUT2D eigenvalue weighted by Gasteiger charge is -2.27. The third kappa shape index (κ3) is 4.74. The van der Waals surface area contributed by atoms with Gasteiger partial charge in [0.15, 0.2) is 0 Å². The highest BCUT2D eigenvalue weighted by Crippen LogP contribution is 2.26. The van der Waals surface area contributed by atoms with Gasteiger partial charge in [-0.3, -0.25) is 4.79 Å². The molecule has 1 fully saturated rings. The molecule has 0 heterocycles. The summed E-state index contributed by atoms with van der Waals surface area (Å²) in [6.45, 7) is 6.51. The number of benzene rings is 1. The molecule has 0 aliphatic heterocycles. The quantitative estimate of drug-likeness (QED) is 0.810. The van der Waals surface area contributed by atoms with Crippen molar-refractivity contribution in [3.05, 3.63) is 28.8 Å². The van der Waals surface area contributed by atoms with Gasteiger partial charge in [-0.25, -0.2) is 8.42 Å². The zero-order valence-corrected chi connectivity index (χ0v) is 16.7. The van der Waals surface area contributed by atoms with E-state index in [2.05, 4.69) is 12.2 Å². The molecule has 0 saturated heterocycles. The van der Waals surface area contributed by atoms with Crippen LogP contribution in [-0.2, 0) is 10.0 Å². The van der Waals surface area contributed by atoms with Crippen LogP contribution in [0.3, 0.4) is 0 Å². The van der Waals surface area contributed by atoms with Crippen molar-refractivity contribution in [2.45, 2.75) is 57.4 Å². The highest BCUT2D eigenvalue weighted by atomic mass is 35.5. The highest BCUT2D eigenvalue weighted by molar-refractivity contribution is 7.89. The Labute approximate surface area is 155 Å². The van der Waals surface area contributed by atoms with E-state index in [4.69, 9.17) is 11.6 Å². The van der Waals surface area contributed by atoms with E-state index in [1.165, 1.54) is 28.9 Å². The van der Waals surface area contributed by atoms with Gasteiger partial charge >= 0.3 is 0 Å². The van der Waals surface area contributed by atoms with Crippen LogP contribution in [0.1, 0.15) is 56.8 Å². The van der Waals surface area contributed by atoms with Gasteiger partial charge in [-0.15, -0.1) is 0 Å². The second-order valence-corrected chi connectivity index (χ2v) is 9.02. The smallest absolute Gasteiger partial charge is 0.253 e. The van der Waals surface area contributed by atoms with Crippen LogP contribution in [0.5, 0.6) is 0 Å². The molecular formula is C18H27ClN2O3S. The second-order valence-electron chi connectivity index (χ2n) is 6.67. The van der Waals surface area contributed by atoms with E-state index < -0.39 is 10.0 Å². The van der Waals surface area contributed by atoms with Crippen LogP contribution in [0.15, 0.2) is 23.1 Å². The molecule has 2 atom stereocenters. The molecule has 1 aromatic rings. The largest absolute Gasteiger partial charge is 0.349 e. The molecule has 0 bridgehead atoms. The van der Waals surface area contributed by atoms with Crippen molar-refractivity contribution in [3.8, 4) is 0 Å². The van der Waals surface area contributed by atoms with Crippen molar-refractivity contribution in [3.63, 3.8) is 0 Å². The Bertz CT molecular complexity index is 717. The standard InChI is InChI=1S/C18H27ClN2O3S/c1-4-21(5-2)25(23,24)15-9-10-17(19)16(12-15)18(22)20-14-8-6-7-13(3)11-14/h9-10,12-14H,4-8,11H2,1-3H3,(H,20,22). The molecule has 2 rings (SSSR count). The number of nitrogens with zero attached hydrogens (tertiary/aromatic N) is 1. The molecule has 1 aliphatic carbocycles. The Morgan fingerprint density at radius 2 is 1.96 bits per heavy atom. The summed E-state index contributed by atoms with van der Waals surface area (Å²) >= 11 is 6.17. The van der Waals surface area contributed by atoms with Gasteiger partial charge in [-0.1, -0.05) is 45.2 Å². The van der Waals surface area contributed by atoms with Gasteiger partial charge in [0.1, 0.15) is 0 Å². The minimum atomic E-state index is -3.62. The van der Waals surface area contributed by atoms with Crippen molar-refractivity contribution >= 4 is 27.5 Å². The minimum Gasteiger partial charge on any atom is -0.349 e. The molecule has 140 valence electrons. The molecule has 0 aromatic heterocycles. The van der Waals surface area contributed by atoms with E-state index in [-0.39, 0.29) is 27.4 Å². The normalized spacial score (nSPS) is 21.3. The summed E-state index contributed by atoms with van der Waals surface area (Å²) in [4.78, 5) is 12.7. The first-order chi connectivity index (χ1) is 11.8. The van der Waals surface area contributed by atoms with Crippen molar-refractivity contribution in [1.82, 2.24) is 9.62 Å². The molecule has 2 unspecified atom stereocenters. The fraction of sp³-hybridized carbons (Fsp3) is 0.611. The number of carbonyl (C=O) groups is 1. The lowest BCUT2D eigenvalue weighted by molar-refractivity contribution is 0.0921. The molecule has 7 heteroatoms. The Kier molecular flexibility index (Phi) is 6.88. The molecule has 1 aromatic carbocycles. The summed E-state index contributed by atoms with van der Waals surface area (Å²) in [5.74, 6) is 0.282. The fourth-order valence-electron chi connectivity index (χ4n) is 3.38. The molecule has 1 N–H and O–H groups in total. The van der Waals surface area contributed by atoms with Gasteiger partial charge in [0.05, 0.1) is 15.5 Å². The van der Waals surface area contributed by atoms with Gasteiger partial charge < -0.3 is 5.32 Å². The molecule has 25 heavy (non-hydrogen) atoms. The third-order valence-corrected chi connectivity index (χ3v) is 7.17. The number of halogens is 1. The van der Waals surface area contributed by atoms with Gasteiger partial charge in [0.25, 0.3) is 5.91 Å². The first-order valence-corrected chi connectivity index (χ1v) is 10.7. The monoisotopic (exact) mass is 386 g/mol. The van der Waals surface area contributed by atoms with Crippen molar-refractivity contribution in [2.24, 2.45) is 5.92 Å². The Morgan fingerprint density at radius 3 is 2.56 bits per heavy atom. The zero-order valence-electron chi connectivity index (χ0n) is 15.1. The van der Waals surface area contributed by atoms with E-state index in [0.29, 0.717) is 19.0 Å². The number of nitrogens with one attached hydrogen (secondary N) is 1. The predicted octanol–water partition coefficient (Wildman–Crippen LogP) is 3.68. The fourth-order valence-corrected chi connectivity index (χ4v) is 5.07.